The third kappa shape index (κ3) is 5.35. The lowest BCUT2D eigenvalue weighted by Gasteiger charge is -2.06. The molecule has 2 N–H and O–H groups in total. The Bertz CT molecular complexity index is 1130. The summed E-state index contributed by atoms with van der Waals surface area (Å²) in [7, 11) is 0. The fourth-order valence-corrected chi connectivity index (χ4v) is 4.82. The number of unbranched alkanes of at least 4 members (excludes halogenated alkanes) is 2. The molecule has 0 fully saturated rings. The van der Waals surface area contributed by atoms with E-state index in [1.165, 1.54) is 11.3 Å². The number of benzene rings is 1. The van der Waals surface area contributed by atoms with Gasteiger partial charge in [-0.15, -0.1) is 11.3 Å². The monoisotopic (exact) mass is 483 g/mol. The summed E-state index contributed by atoms with van der Waals surface area (Å²) in [5, 5.41) is 20.4. The minimum Gasteiger partial charge on any atom is -0.493 e. The van der Waals surface area contributed by atoms with Crippen LogP contribution in [0.4, 0.5) is 0 Å². The lowest BCUT2D eigenvalue weighted by molar-refractivity contribution is -0.137. The molecule has 0 unspecified atom stereocenters. The fourth-order valence-electron chi connectivity index (χ4n) is 2.98. The highest BCUT2D eigenvalue weighted by molar-refractivity contribution is 7.73. The number of hydrogen-bond donors (Lipinski definition) is 2. The van der Waals surface area contributed by atoms with E-state index >= 15 is 0 Å². The van der Waals surface area contributed by atoms with Gasteiger partial charge in [0.1, 0.15) is 16.4 Å². The van der Waals surface area contributed by atoms with E-state index in [-0.39, 0.29) is 12.3 Å². The summed E-state index contributed by atoms with van der Waals surface area (Å²) in [5.41, 5.74) is 1.26. The molecule has 0 saturated heterocycles. The third-order valence-electron chi connectivity index (χ3n) is 4.47. The zero-order valence-corrected chi connectivity index (χ0v) is 19.0. The van der Waals surface area contributed by atoms with Crippen LogP contribution in [0.2, 0.25) is 10.0 Å². The van der Waals surface area contributed by atoms with Crippen molar-refractivity contribution >= 4 is 58.3 Å². The van der Waals surface area contributed by atoms with E-state index < -0.39 is 5.97 Å². The summed E-state index contributed by atoms with van der Waals surface area (Å²) in [6.07, 6.45) is 2.19. The van der Waals surface area contributed by atoms with Crippen LogP contribution < -0.4 is 0 Å². The highest BCUT2D eigenvalue weighted by Gasteiger charge is 2.18. The number of nitrogens with zero attached hydrogens (tertiary/aromatic N) is 1. The van der Waals surface area contributed by atoms with Gasteiger partial charge in [0, 0.05) is 34.1 Å². The zero-order valence-electron chi connectivity index (χ0n) is 15.9. The average Bonchev–Trinajstić information content (AvgIpc) is 3.26. The molecule has 2 heterocycles. The Hall–Kier alpha value is -2.06. The number of rotatable bonds is 9. The van der Waals surface area contributed by atoms with E-state index in [9.17, 15) is 9.90 Å². The largest absolute Gasteiger partial charge is 0.493 e. The lowest BCUT2D eigenvalue weighted by Crippen LogP contribution is -1.99. The first-order valence-corrected chi connectivity index (χ1v) is 11.1. The average molecular weight is 484 g/mol. The van der Waals surface area contributed by atoms with E-state index in [0.29, 0.717) is 48.9 Å². The Morgan fingerprint density at radius 2 is 1.87 bits per heavy atom. The Labute approximate surface area is 192 Å². The van der Waals surface area contributed by atoms with Crippen molar-refractivity contribution in [2.75, 3.05) is 0 Å². The molecule has 158 valence electrons. The second-order valence-electron chi connectivity index (χ2n) is 6.68. The second-order valence-corrected chi connectivity index (χ2v) is 9.19. The summed E-state index contributed by atoms with van der Waals surface area (Å²) < 4.78 is 8.08. The first kappa shape index (κ1) is 22.6. The number of thiazole rings is 1. The maximum Gasteiger partial charge on any atom is 0.303 e. The Morgan fingerprint density at radius 1 is 1.17 bits per heavy atom. The van der Waals surface area contributed by atoms with Gasteiger partial charge in [-0.2, -0.15) is 0 Å². The van der Waals surface area contributed by atoms with Crippen LogP contribution in [0, 0.1) is 3.95 Å². The predicted octanol–water partition coefficient (Wildman–Crippen LogP) is 7.26. The SMILES string of the molecule is C=C(c1ccc(-c2cc(Cl)cc(Cl)c2)o1)c1sc(=S)n(CCCCCC(=O)O)c1O. The summed E-state index contributed by atoms with van der Waals surface area (Å²) in [6.45, 7) is 4.57. The van der Waals surface area contributed by atoms with Crippen molar-refractivity contribution in [1.29, 1.82) is 0 Å². The van der Waals surface area contributed by atoms with Crippen LogP contribution in [-0.2, 0) is 11.3 Å². The van der Waals surface area contributed by atoms with E-state index in [2.05, 4.69) is 6.58 Å². The maximum absolute atomic E-state index is 10.7. The molecule has 0 amide bonds. The molecule has 2 aromatic heterocycles. The van der Waals surface area contributed by atoms with Crippen molar-refractivity contribution in [3.8, 4) is 17.2 Å². The number of carbonyl (C=O) groups is 1. The molecule has 0 radical (unpaired) electrons. The molecule has 0 aliphatic heterocycles. The van der Waals surface area contributed by atoms with Crippen molar-refractivity contribution in [2.24, 2.45) is 0 Å². The summed E-state index contributed by atoms with van der Waals surface area (Å²) in [4.78, 5) is 11.1. The summed E-state index contributed by atoms with van der Waals surface area (Å²) >= 11 is 18.8. The van der Waals surface area contributed by atoms with Crippen LogP contribution >= 0.6 is 46.8 Å². The maximum atomic E-state index is 10.7. The standard InChI is InChI=1S/C21H19Cl2NO4S2/c1-12(16-6-7-17(28-16)13-9-14(22)11-15(23)10-13)19-20(27)24(21(29)30-19)8-4-2-3-5-18(25)26/h6-7,9-11,27H,1-5,8H2,(H,25,26). The third-order valence-corrected chi connectivity index (χ3v) is 6.40. The number of aliphatic carboxylic acids is 1. The molecule has 9 heteroatoms. The van der Waals surface area contributed by atoms with Gasteiger partial charge in [-0.1, -0.05) is 36.2 Å². The van der Waals surface area contributed by atoms with Gasteiger partial charge >= 0.3 is 5.97 Å². The molecule has 0 spiro atoms. The molecule has 3 aromatic rings. The van der Waals surface area contributed by atoms with E-state index in [1.54, 1.807) is 34.9 Å². The molecular weight excluding hydrogens is 465 g/mol. The van der Waals surface area contributed by atoms with Crippen molar-refractivity contribution in [1.82, 2.24) is 4.57 Å². The number of furan rings is 1. The highest BCUT2D eigenvalue weighted by atomic mass is 35.5. The highest BCUT2D eigenvalue weighted by Crippen LogP contribution is 2.38. The van der Waals surface area contributed by atoms with Crippen LogP contribution in [0.5, 0.6) is 5.88 Å². The smallest absolute Gasteiger partial charge is 0.303 e. The van der Waals surface area contributed by atoms with Crippen molar-refractivity contribution < 1.29 is 19.4 Å². The molecule has 0 aliphatic rings. The molecule has 0 aliphatic carbocycles. The van der Waals surface area contributed by atoms with Gasteiger partial charge in [-0.3, -0.25) is 9.36 Å². The van der Waals surface area contributed by atoms with Gasteiger partial charge in [0.25, 0.3) is 0 Å². The summed E-state index contributed by atoms with van der Waals surface area (Å²) in [5.74, 6) is 0.316. The molecule has 0 bridgehead atoms. The minimum atomic E-state index is -0.804. The molecule has 5 nitrogen and oxygen atoms in total. The van der Waals surface area contributed by atoms with E-state index in [0.717, 1.165) is 18.4 Å². The van der Waals surface area contributed by atoms with Gasteiger partial charge in [0.05, 0.1) is 0 Å². The lowest BCUT2D eigenvalue weighted by atomic mass is 10.2. The van der Waals surface area contributed by atoms with Gasteiger partial charge < -0.3 is 14.6 Å². The zero-order chi connectivity index (χ0) is 21.8. The number of halogens is 2. The van der Waals surface area contributed by atoms with E-state index in [4.69, 9.17) is 44.9 Å². The van der Waals surface area contributed by atoms with E-state index in [1.807, 2.05) is 0 Å². The Balaban J connectivity index is 1.75. The Morgan fingerprint density at radius 3 is 2.53 bits per heavy atom. The molecular formula is C21H19Cl2NO4S2. The predicted molar refractivity (Wildman–Crippen MR) is 123 cm³/mol. The van der Waals surface area contributed by atoms with Crippen LogP contribution in [-0.4, -0.2) is 20.7 Å². The number of hydrogen-bond acceptors (Lipinski definition) is 5. The molecule has 1 aromatic carbocycles. The number of carboxylic acids is 1. The second kappa shape index (κ2) is 9.83. The Kier molecular flexibility index (Phi) is 7.41. The molecule has 3 rings (SSSR count). The van der Waals surface area contributed by atoms with Crippen molar-refractivity contribution in [2.45, 2.75) is 32.2 Å². The first-order valence-electron chi connectivity index (χ1n) is 9.16. The minimum absolute atomic E-state index is 0.0389. The van der Waals surface area contributed by atoms with Gasteiger partial charge in [-0.25, -0.2) is 0 Å². The molecule has 0 atom stereocenters. The number of aromatic hydroxyl groups is 1. The van der Waals surface area contributed by atoms with Crippen molar-refractivity contribution in [3.63, 3.8) is 0 Å². The number of aromatic nitrogens is 1. The fraction of sp³-hybridized carbons (Fsp3) is 0.238. The first-order chi connectivity index (χ1) is 14.3. The van der Waals surface area contributed by atoms with Crippen LogP contribution in [0.3, 0.4) is 0 Å². The normalized spacial score (nSPS) is 11.0. The molecule has 0 saturated carbocycles. The summed E-state index contributed by atoms with van der Waals surface area (Å²) in [6, 6.07) is 8.70. The van der Waals surface area contributed by atoms with Crippen LogP contribution in [0.25, 0.3) is 16.9 Å². The topological polar surface area (TPSA) is 75.6 Å². The van der Waals surface area contributed by atoms with Crippen molar-refractivity contribution in [3.05, 3.63) is 61.5 Å². The van der Waals surface area contributed by atoms with Gasteiger partial charge in [-0.05, 0) is 55.4 Å². The number of carboxylic acid groups (broad SMARTS) is 1. The van der Waals surface area contributed by atoms with Crippen LogP contribution in [0.15, 0.2) is 41.3 Å². The van der Waals surface area contributed by atoms with Crippen LogP contribution in [0.1, 0.15) is 36.3 Å². The quantitative estimate of drug-likeness (QED) is 0.247. The molecule has 30 heavy (non-hydrogen) atoms. The van der Waals surface area contributed by atoms with Gasteiger partial charge in [0.2, 0.25) is 5.88 Å². The van der Waals surface area contributed by atoms with Gasteiger partial charge in [0.15, 0.2) is 3.95 Å².